The molecule has 5 nitrogen and oxygen atoms in total. The van der Waals surface area contributed by atoms with Crippen LogP contribution in [0.2, 0.25) is 10.0 Å². The molecule has 0 aliphatic heterocycles. The minimum Gasteiger partial charge on any atom is -0.324 e. The largest absolute Gasteiger partial charge is 0.324 e. The molecule has 148 valence electrons. The van der Waals surface area contributed by atoms with Gasteiger partial charge < -0.3 is 5.32 Å². The van der Waals surface area contributed by atoms with Gasteiger partial charge in [-0.25, -0.2) is 5.43 Å². The molecule has 0 aromatic heterocycles. The summed E-state index contributed by atoms with van der Waals surface area (Å²) < 4.78 is 0. The first-order chi connectivity index (χ1) is 14.0. The molecule has 0 spiro atoms. The van der Waals surface area contributed by atoms with E-state index in [0.717, 1.165) is 5.56 Å². The van der Waals surface area contributed by atoms with Crippen molar-refractivity contribution >= 4 is 40.7 Å². The molecule has 0 saturated carbocycles. The smallest absolute Gasteiger partial charge is 0.247 e. The number of nitrogens with one attached hydrogen (secondary N) is 3. The summed E-state index contributed by atoms with van der Waals surface area (Å²) in [6.07, 6.45) is 0.195. The summed E-state index contributed by atoms with van der Waals surface area (Å²) in [6.45, 7) is 0. The molecular weight excluding hydrogens is 409 g/mol. The van der Waals surface area contributed by atoms with Crippen molar-refractivity contribution in [3.63, 3.8) is 0 Å². The molecule has 0 aliphatic rings. The number of halogens is 2. The van der Waals surface area contributed by atoms with Crippen LogP contribution in [0.25, 0.3) is 0 Å². The van der Waals surface area contributed by atoms with E-state index < -0.39 is 6.04 Å². The van der Waals surface area contributed by atoms with Crippen LogP contribution in [0.5, 0.6) is 0 Å². The fourth-order valence-electron chi connectivity index (χ4n) is 2.76. The van der Waals surface area contributed by atoms with E-state index in [1.165, 1.54) is 0 Å². The third-order valence-corrected chi connectivity index (χ3v) is 4.53. The van der Waals surface area contributed by atoms with Crippen molar-refractivity contribution in [2.75, 3.05) is 5.32 Å². The number of carbonyl (C=O) groups excluding carboxylic acids is 2. The summed E-state index contributed by atoms with van der Waals surface area (Å²) in [5.74, 6) is -0.620. The second-order valence-corrected chi connectivity index (χ2v) is 7.22. The highest BCUT2D eigenvalue weighted by atomic mass is 35.5. The van der Waals surface area contributed by atoms with Crippen LogP contribution in [0.1, 0.15) is 17.2 Å². The Labute approximate surface area is 179 Å². The average Bonchev–Trinajstić information content (AvgIpc) is 2.69. The number of amides is 2. The van der Waals surface area contributed by atoms with Crippen LogP contribution in [0.3, 0.4) is 0 Å². The fourth-order valence-corrected chi connectivity index (χ4v) is 3.29. The summed E-state index contributed by atoms with van der Waals surface area (Å²) in [7, 11) is 0. The van der Waals surface area contributed by atoms with Gasteiger partial charge in [0.05, 0.1) is 6.42 Å². The maximum Gasteiger partial charge on any atom is 0.247 e. The van der Waals surface area contributed by atoms with Crippen LogP contribution < -0.4 is 16.2 Å². The Kier molecular flexibility index (Phi) is 7.25. The fraction of sp³-hybridized carbons (Fsp3) is 0.0909. The minimum atomic E-state index is -0.811. The molecule has 0 radical (unpaired) electrons. The lowest BCUT2D eigenvalue weighted by Crippen LogP contribution is -2.45. The molecule has 0 saturated heterocycles. The van der Waals surface area contributed by atoms with Gasteiger partial charge in [0.2, 0.25) is 11.8 Å². The molecule has 3 N–H and O–H groups in total. The first-order valence-electron chi connectivity index (χ1n) is 8.91. The van der Waals surface area contributed by atoms with Crippen molar-refractivity contribution < 1.29 is 9.59 Å². The Morgan fingerprint density at radius 2 is 1.41 bits per heavy atom. The molecule has 29 heavy (non-hydrogen) atoms. The second kappa shape index (κ2) is 10.1. The summed E-state index contributed by atoms with van der Waals surface area (Å²) in [5, 5.41) is 3.59. The van der Waals surface area contributed by atoms with Gasteiger partial charge in [0.25, 0.3) is 0 Å². The molecule has 0 bridgehead atoms. The molecular formula is C22H19Cl2N3O2. The monoisotopic (exact) mass is 427 g/mol. The lowest BCUT2D eigenvalue weighted by atomic mass is 10.1. The molecule has 0 aliphatic carbocycles. The predicted molar refractivity (Wildman–Crippen MR) is 116 cm³/mol. The summed E-state index contributed by atoms with van der Waals surface area (Å²) in [6, 6.07) is 22.4. The third kappa shape index (κ3) is 6.32. The first-order valence-corrected chi connectivity index (χ1v) is 9.67. The van der Waals surface area contributed by atoms with Gasteiger partial charge in [0.1, 0.15) is 6.04 Å². The molecule has 0 fully saturated rings. The van der Waals surface area contributed by atoms with Crippen molar-refractivity contribution in [2.24, 2.45) is 0 Å². The molecule has 3 aromatic rings. The van der Waals surface area contributed by atoms with Crippen LogP contribution in [-0.2, 0) is 16.0 Å². The Balaban J connectivity index is 1.71. The van der Waals surface area contributed by atoms with Gasteiger partial charge in [0.15, 0.2) is 0 Å². The molecule has 2 amide bonds. The van der Waals surface area contributed by atoms with Crippen molar-refractivity contribution in [3.05, 3.63) is 100 Å². The molecule has 3 rings (SSSR count). The van der Waals surface area contributed by atoms with Crippen molar-refractivity contribution in [1.29, 1.82) is 0 Å². The molecule has 7 heteroatoms. The quantitative estimate of drug-likeness (QED) is 0.484. The van der Waals surface area contributed by atoms with Gasteiger partial charge in [-0.1, -0.05) is 83.9 Å². The van der Waals surface area contributed by atoms with E-state index in [1.54, 1.807) is 30.3 Å². The highest BCUT2D eigenvalue weighted by Gasteiger charge is 2.21. The van der Waals surface area contributed by atoms with Crippen LogP contribution in [0.4, 0.5) is 5.69 Å². The lowest BCUT2D eigenvalue weighted by molar-refractivity contribution is -0.123. The van der Waals surface area contributed by atoms with Gasteiger partial charge in [-0.15, -0.1) is 0 Å². The zero-order chi connectivity index (χ0) is 20.6. The molecule has 1 atom stereocenters. The predicted octanol–water partition coefficient (Wildman–Crippen LogP) is 4.54. The number of carbonyl (C=O) groups is 2. The normalized spacial score (nSPS) is 11.5. The van der Waals surface area contributed by atoms with Gasteiger partial charge in [-0.2, -0.15) is 0 Å². The topological polar surface area (TPSA) is 70.2 Å². The number of hydrogen-bond donors (Lipinski definition) is 3. The Bertz CT molecular complexity index is 962. The van der Waals surface area contributed by atoms with Crippen LogP contribution >= 0.6 is 23.2 Å². The number of hydrogen-bond acceptors (Lipinski definition) is 3. The Hall–Kier alpha value is -2.86. The van der Waals surface area contributed by atoms with E-state index in [9.17, 15) is 9.59 Å². The van der Waals surface area contributed by atoms with Crippen LogP contribution in [0, 0.1) is 0 Å². The third-order valence-electron chi connectivity index (χ3n) is 4.09. The van der Waals surface area contributed by atoms with Gasteiger partial charge in [-0.05, 0) is 29.3 Å². The summed E-state index contributed by atoms with van der Waals surface area (Å²) >= 11 is 12.0. The Morgan fingerprint density at radius 1 is 0.828 bits per heavy atom. The summed E-state index contributed by atoms with van der Waals surface area (Å²) in [4.78, 5) is 25.2. The zero-order valence-electron chi connectivity index (χ0n) is 15.4. The average molecular weight is 428 g/mol. The standard InChI is InChI=1S/C22H19Cl2N3O2/c23-17-12-18(24)14-19(13-17)25-22(29)21(16-9-5-2-6-10-16)27-26-20(28)11-15-7-3-1-4-8-15/h1-10,12-14,21,27H,11H2,(H,25,29)(H,26,28)/t21-/m0/s1. The van der Waals surface area contributed by atoms with Crippen molar-refractivity contribution in [1.82, 2.24) is 10.9 Å². The number of hydrazine groups is 1. The maximum absolute atomic E-state index is 12.9. The van der Waals surface area contributed by atoms with Crippen LogP contribution in [0.15, 0.2) is 78.9 Å². The van der Waals surface area contributed by atoms with E-state index in [-0.39, 0.29) is 18.2 Å². The maximum atomic E-state index is 12.9. The minimum absolute atomic E-state index is 0.195. The SMILES string of the molecule is O=C(Cc1ccccc1)NN[C@H](C(=O)Nc1cc(Cl)cc(Cl)c1)c1ccccc1. The van der Waals surface area contributed by atoms with E-state index in [0.29, 0.717) is 21.3 Å². The van der Waals surface area contributed by atoms with E-state index >= 15 is 0 Å². The van der Waals surface area contributed by atoms with E-state index in [1.807, 2.05) is 48.5 Å². The highest BCUT2D eigenvalue weighted by Crippen LogP contribution is 2.23. The van der Waals surface area contributed by atoms with Gasteiger partial charge >= 0.3 is 0 Å². The van der Waals surface area contributed by atoms with Crippen molar-refractivity contribution in [3.8, 4) is 0 Å². The number of rotatable bonds is 7. The first kappa shape index (κ1) is 20.9. The van der Waals surface area contributed by atoms with Crippen molar-refractivity contribution in [2.45, 2.75) is 12.5 Å². The van der Waals surface area contributed by atoms with E-state index in [2.05, 4.69) is 16.2 Å². The molecule has 3 aromatic carbocycles. The number of anilines is 1. The van der Waals surface area contributed by atoms with Gasteiger partial charge in [0, 0.05) is 15.7 Å². The van der Waals surface area contributed by atoms with E-state index in [4.69, 9.17) is 23.2 Å². The summed E-state index contributed by atoms with van der Waals surface area (Å²) in [5.41, 5.74) is 7.48. The zero-order valence-corrected chi connectivity index (χ0v) is 16.9. The second-order valence-electron chi connectivity index (χ2n) is 6.35. The Morgan fingerprint density at radius 3 is 2.03 bits per heavy atom. The van der Waals surface area contributed by atoms with Gasteiger partial charge in [-0.3, -0.25) is 15.0 Å². The molecule has 0 heterocycles. The highest BCUT2D eigenvalue weighted by molar-refractivity contribution is 6.35. The molecule has 0 unspecified atom stereocenters. The van der Waals surface area contributed by atoms with Crippen LogP contribution in [-0.4, -0.2) is 11.8 Å². The number of benzene rings is 3. The lowest BCUT2D eigenvalue weighted by Gasteiger charge is -2.19.